The van der Waals surface area contributed by atoms with Crippen LogP contribution in [-0.4, -0.2) is 26.6 Å². The van der Waals surface area contributed by atoms with Crippen LogP contribution in [-0.2, 0) is 0 Å². The van der Waals surface area contributed by atoms with E-state index in [4.69, 9.17) is 4.74 Å². The Hall–Kier alpha value is -3.41. The molecule has 3 aromatic heterocycles. The van der Waals surface area contributed by atoms with Crippen LogP contribution in [0.5, 0.6) is 5.75 Å². The maximum atomic E-state index is 12.4. The van der Waals surface area contributed by atoms with Gasteiger partial charge in [0, 0.05) is 17.4 Å². The van der Waals surface area contributed by atoms with Crippen LogP contribution in [0.15, 0.2) is 66.0 Å². The number of benzene rings is 1. The molecule has 0 unspecified atom stereocenters. The monoisotopic (exact) mass is 318 g/mol. The van der Waals surface area contributed by atoms with Crippen molar-refractivity contribution in [1.29, 1.82) is 0 Å². The Morgan fingerprint density at radius 2 is 1.92 bits per heavy atom. The predicted molar refractivity (Wildman–Crippen MR) is 91.5 cm³/mol. The van der Waals surface area contributed by atoms with Gasteiger partial charge in [-0.1, -0.05) is 18.2 Å². The molecule has 6 nitrogen and oxygen atoms in total. The number of fused-ring (bicyclic) bond motifs is 1. The van der Waals surface area contributed by atoms with Crippen molar-refractivity contribution >= 4 is 11.0 Å². The van der Waals surface area contributed by atoms with E-state index in [2.05, 4.69) is 15.0 Å². The number of H-pyrrole nitrogens is 1. The van der Waals surface area contributed by atoms with E-state index >= 15 is 0 Å². The maximum absolute atomic E-state index is 12.4. The normalized spacial score (nSPS) is 10.9. The minimum absolute atomic E-state index is 0.192. The summed E-state index contributed by atoms with van der Waals surface area (Å²) < 4.78 is 7.04. The molecular weight excluding hydrogens is 304 g/mol. The van der Waals surface area contributed by atoms with Crippen molar-refractivity contribution in [3.05, 3.63) is 71.5 Å². The lowest BCUT2D eigenvalue weighted by molar-refractivity contribution is 0.413. The van der Waals surface area contributed by atoms with E-state index in [9.17, 15) is 4.79 Å². The van der Waals surface area contributed by atoms with Gasteiger partial charge < -0.3 is 14.3 Å². The second kappa shape index (κ2) is 5.66. The number of aromatic amines is 1. The molecule has 24 heavy (non-hydrogen) atoms. The number of nitrogens with one attached hydrogen (secondary N) is 1. The van der Waals surface area contributed by atoms with Gasteiger partial charge in [0.1, 0.15) is 5.75 Å². The average Bonchev–Trinajstić information content (AvgIpc) is 3.04. The van der Waals surface area contributed by atoms with E-state index in [0.717, 1.165) is 11.3 Å². The molecule has 3 heterocycles. The van der Waals surface area contributed by atoms with Gasteiger partial charge in [-0.25, -0.2) is 4.98 Å². The quantitative estimate of drug-likeness (QED) is 0.630. The van der Waals surface area contributed by atoms with Gasteiger partial charge in [-0.3, -0.25) is 9.78 Å². The molecule has 4 aromatic rings. The zero-order valence-corrected chi connectivity index (χ0v) is 12.9. The Labute approximate surface area is 137 Å². The van der Waals surface area contributed by atoms with Gasteiger partial charge in [0.25, 0.3) is 5.56 Å². The summed E-state index contributed by atoms with van der Waals surface area (Å²) in [5.41, 5.74) is 2.75. The summed E-state index contributed by atoms with van der Waals surface area (Å²) in [6.45, 7) is 0. The van der Waals surface area contributed by atoms with Crippen LogP contribution in [0, 0.1) is 0 Å². The first-order chi connectivity index (χ1) is 11.8. The van der Waals surface area contributed by atoms with Gasteiger partial charge in [-0.15, -0.1) is 0 Å². The molecule has 0 spiro atoms. The first-order valence-corrected chi connectivity index (χ1v) is 7.42. The Morgan fingerprint density at radius 3 is 2.62 bits per heavy atom. The lowest BCUT2D eigenvalue weighted by Crippen LogP contribution is -2.07. The van der Waals surface area contributed by atoms with Crippen LogP contribution in [0.2, 0.25) is 0 Å². The highest BCUT2D eigenvalue weighted by molar-refractivity contribution is 5.93. The molecule has 1 aromatic carbocycles. The van der Waals surface area contributed by atoms with E-state index in [1.165, 1.54) is 6.33 Å². The molecule has 0 fully saturated rings. The number of aromatic nitrogens is 4. The van der Waals surface area contributed by atoms with Crippen molar-refractivity contribution < 1.29 is 4.74 Å². The van der Waals surface area contributed by atoms with E-state index in [-0.39, 0.29) is 5.56 Å². The zero-order chi connectivity index (χ0) is 16.5. The van der Waals surface area contributed by atoms with Crippen LogP contribution >= 0.6 is 0 Å². The van der Waals surface area contributed by atoms with E-state index < -0.39 is 0 Å². The van der Waals surface area contributed by atoms with Crippen molar-refractivity contribution in [2.45, 2.75) is 0 Å². The van der Waals surface area contributed by atoms with Crippen molar-refractivity contribution in [1.82, 2.24) is 19.5 Å². The molecular formula is C18H14N4O2. The number of rotatable bonds is 3. The molecule has 0 aliphatic heterocycles. The third-order valence-corrected chi connectivity index (χ3v) is 3.87. The van der Waals surface area contributed by atoms with Gasteiger partial charge >= 0.3 is 0 Å². The number of nitrogens with zero attached hydrogens (tertiary/aromatic N) is 3. The molecule has 1 N–H and O–H groups in total. The fourth-order valence-corrected chi connectivity index (χ4v) is 2.71. The topological polar surface area (TPSA) is 72.8 Å². The first-order valence-electron chi connectivity index (χ1n) is 7.42. The molecule has 0 radical (unpaired) electrons. The SMILES string of the molecule is COc1ccc(-c2cn(-c3ccccc3)c3nc[nH]c(=O)c23)nc1. The van der Waals surface area contributed by atoms with E-state index in [0.29, 0.717) is 22.5 Å². The highest BCUT2D eigenvalue weighted by atomic mass is 16.5. The summed E-state index contributed by atoms with van der Waals surface area (Å²) in [6.07, 6.45) is 4.93. The Morgan fingerprint density at radius 1 is 1.08 bits per heavy atom. The Balaban J connectivity index is 2.00. The largest absolute Gasteiger partial charge is 0.495 e. The van der Waals surface area contributed by atoms with Crippen molar-refractivity contribution in [2.75, 3.05) is 7.11 Å². The summed E-state index contributed by atoms with van der Waals surface area (Å²) in [5.74, 6) is 0.664. The lowest BCUT2D eigenvalue weighted by Gasteiger charge is -2.03. The first kappa shape index (κ1) is 14.2. The summed E-state index contributed by atoms with van der Waals surface area (Å²) in [5, 5.41) is 0.513. The smallest absolute Gasteiger partial charge is 0.260 e. The molecule has 0 amide bonds. The van der Waals surface area contributed by atoms with Crippen LogP contribution in [0.1, 0.15) is 0 Å². The second-order valence-corrected chi connectivity index (χ2v) is 5.26. The van der Waals surface area contributed by atoms with Crippen molar-refractivity contribution in [3.8, 4) is 22.7 Å². The van der Waals surface area contributed by atoms with Crippen LogP contribution in [0.25, 0.3) is 28.0 Å². The summed E-state index contributed by atoms with van der Waals surface area (Å²) in [6, 6.07) is 13.4. The molecule has 0 aliphatic carbocycles. The van der Waals surface area contributed by atoms with Crippen molar-refractivity contribution in [3.63, 3.8) is 0 Å². The van der Waals surface area contributed by atoms with E-state index in [1.807, 2.05) is 53.2 Å². The molecule has 0 bridgehead atoms. The number of hydrogen-bond donors (Lipinski definition) is 1. The number of hydrogen-bond acceptors (Lipinski definition) is 4. The van der Waals surface area contributed by atoms with Gasteiger partial charge in [-0.2, -0.15) is 0 Å². The zero-order valence-electron chi connectivity index (χ0n) is 12.9. The molecule has 0 aliphatic rings. The minimum Gasteiger partial charge on any atom is -0.495 e. The van der Waals surface area contributed by atoms with Gasteiger partial charge in [0.15, 0.2) is 5.65 Å². The number of para-hydroxylation sites is 1. The number of methoxy groups -OCH3 is 1. The molecule has 0 saturated carbocycles. The third kappa shape index (κ3) is 2.25. The average molecular weight is 318 g/mol. The van der Waals surface area contributed by atoms with Crippen LogP contribution in [0.4, 0.5) is 0 Å². The fourth-order valence-electron chi connectivity index (χ4n) is 2.71. The Bertz CT molecular complexity index is 1050. The van der Waals surface area contributed by atoms with Gasteiger partial charge in [-0.05, 0) is 24.3 Å². The predicted octanol–water partition coefficient (Wildman–Crippen LogP) is 2.78. The van der Waals surface area contributed by atoms with Gasteiger partial charge in [0.05, 0.1) is 30.7 Å². The third-order valence-electron chi connectivity index (χ3n) is 3.87. The molecule has 4 rings (SSSR count). The van der Waals surface area contributed by atoms with Crippen LogP contribution in [0.3, 0.4) is 0 Å². The van der Waals surface area contributed by atoms with Crippen LogP contribution < -0.4 is 10.3 Å². The van der Waals surface area contributed by atoms with E-state index in [1.54, 1.807) is 13.3 Å². The highest BCUT2D eigenvalue weighted by Gasteiger charge is 2.16. The second-order valence-electron chi connectivity index (χ2n) is 5.26. The summed E-state index contributed by atoms with van der Waals surface area (Å²) in [4.78, 5) is 23.8. The molecule has 118 valence electrons. The summed E-state index contributed by atoms with van der Waals surface area (Å²) >= 11 is 0. The molecule has 0 saturated heterocycles. The lowest BCUT2D eigenvalue weighted by atomic mass is 10.1. The molecule has 6 heteroatoms. The summed E-state index contributed by atoms with van der Waals surface area (Å²) in [7, 11) is 1.59. The maximum Gasteiger partial charge on any atom is 0.260 e. The number of ether oxygens (including phenoxy) is 1. The highest BCUT2D eigenvalue weighted by Crippen LogP contribution is 2.28. The van der Waals surface area contributed by atoms with Crippen molar-refractivity contribution in [2.24, 2.45) is 0 Å². The fraction of sp³-hybridized carbons (Fsp3) is 0.0556. The minimum atomic E-state index is -0.192. The number of pyridine rings is 1. The van der Waals surface area contributed by atoms with Gasteiger partial charge in [0.2, 0.25) is 0 Å². The Kier molecular flexibility index (Phi) is 3.35. The standard InChI is InChI=1S/C18H14N4O2/c1-24-13-7-8-15(19-9-13)14-10-22(12-5-3-2-4-6-12)17-16(14)18(23)21-11-20-17/h2-11H,1H3,(H,20,21,23). The molecule has 0 atom stereocenters.